The van der Waals surface area contributed by atoms with Gasteiger partial charge in [0.15, 0.2) is 5.82 Å². The van der Waals surface area contributed by atoms with Crippen LogP contribution in [0.3, 0.4) is 0 Å². The van der Waals surface area contributed by atoms with E-state index in [2.05, 4.69) is 332 Å². The van der Waals surface area contributed by atoms with Gasteiger partial charge in [0, 0.05) is 99.0 Å². The van der Waals surface area contributed by atoms with Crippen LogP contribution in [0.2, 0.25) is 0 Å². The van der Waals surface area contributed by atoms with E-state index >= 15 is 0 Å². The Morgan fingerprint density at radius 1 is 0.169 bits per heavy atom. The zero-order chi connectivity index (χ0) is 58.3. The minimum atomic E-state index is 0.618. The van der Waals surface area contributed by atoms with Crippen molar-refractivity contribution in [2.75, 3.05) is 0 Å². The van der Waals surface area contributed by atoms with Gasteiger partial charge in [-0.1, -0.05) is 182 Å². The predicted molar refractivity (Wildman–Crippen MR) is 370 cm³/mol. The summed E-state index contributed by atoms with van der Waals surface area (Å²) < 4.78 is 12.1. The Kier molecular flexibility index (Phi) is 10.6. The van der Waals surface area contributed by atoms with Gasteiger partial charge < -0.3 is 22.8 Å². The zero-order valence-electron chi connectivity index (χ0n) is 48.1. The summed E-state index contributed by atoms with van der Waals surface area (Å²) in [5.41, 5.74) is 20.9. The normalized spacial score (nSPS) is 12.0. The van der Waals surface area contributed by atoms with Crippen molar-refractivity contribution in [2.45, 2.75) is 0 Å². The lowest BCUT2D eigenvalue weighted by Crippen LogP contribution is -2.03. The molecule has 0 saturated heterocycles. The summed E-state index contributed by atoms with van der Waals surface area (Å²) in [7, 11) is 0. The van der Waals surface area contributed by atoms with Crippen molar-refractivity contribution in [3.63, 3.8) is 0 Å². The molecule has 414 valence electrons. The second-order valence-corrected chi connectivity index (χ2v) is 23.3. The maximum atomic E-state index is 5.75. The molecule has 0 bridgehead atoms. The summed E-state index contributed by atoms with van der Waals surface area (Å²) in [6.07, 6.45) is 0. The van der Waals surface area contributed by atoms with Crippen LogP contribution in [0.4, 0.5) is 0 Å². The van der Waals surface area contributed by atoms with Crippen LogP contribution in [0.1, 0.15) is 0 Å². The molecule has 0 aliphatic heterocycles. The molecule has 19 aromatic rings. The summed E-state index contributed by atoms with van der Waals surface area (Å²) in [6.45, 7) is 0. The first-order valence-corrected chi connectivity index (χ1v) is 30.4. The van der Waals surface area contributed by atoms with Gasteiger partial charge in [-0.15, -0.1) is 0 Å². The Labute approximate surface area is 510 Å². The van der Waals surface area contributed by atoms with Crippen LogP contribution in [0.15, 0.2) is 309 Å². The first-order valence-electron chi connectivity index (χ1n) is 30.4. The summed E-state index contributed by atoms with van der Waals surface area (Å²) in [5.74, 6) is 0.618. The van der Waals surface area contributed by atoms with E-state index in [0.717, 1.165) is 112 Å². The molecule has 0 aliphatic carbocycles. The molecule has 0 atom stereocenters. The van der Waals surface area contributed by atoms with E-state index in [1.807, 2.05) is 0 Å². The average Bonchev–Trinajstić information content (AvgIpc) is 1.77. The number of nitrogens with zero attached hydrogens (tertiary/aromatic N) is 7. The highest BCUT2D eigenvalue weighted by atomic mass is 15.0. The standard InChI is InChI=1S/C82H51N7/c1-11-31-72-60(21-1)61-22-2-12-32-73(61)85(72)55-43-41-52(42-44-55)82-83-70(53-45-56(86-74-33-13-3-23-62(74)63-24-4-14-34-75(63)86)49-57(46-53)87-76-35-15-5-25-64(76)65-26-6-16-36-77(65)87)51-71(84-82)54-47-58(88-78-37-17-7-27-66(78)67-28-8-18-38-79(67)88)50-59(48-54)89-80-39-19-9-29-68(80)69-30-10-20-40-81(69)89/h1-51H. The lowest BCUT2D eigenvalue weighted by molar-refractivity contribution is 1.12. The number of fused-ring (bicyclic) bond motifs is 15. The number of aromatic nitrogens is 7. The first-order chi connectivity index (χ1) is 44.1. The van der Waals surface area contributed by atoms with E-state index in [9.17, 15) is 0 Å². The largest absolute Gasteiger partial charge is 0.309 e. The van der Waals surface area contributed by atoms with E-state index in [-0.39, 0.29) is 0 Å². The van der Waals surface area contributed by atoms with Crippen LogP contribution >= 0.6 is 0 Å². The Morgan fingerprint density at radius 2 is 0.371 bits per heavy atom. The fraction of sp³-hybridized carbons (Fsp3) is 0. The van der Waals surface area contributed by atoms with Crippen molar-refractivity contribution in [1.82, 2.24) is 32.8 Å². The molecule has 7 heteroatoms. The summed E-state index contributed by atoms with van der Waals surface area (Å²) in [5, 5.41) is 12.0. The smallest absolute Gasteiger partial charge is 0.160 e. The van der Waals surface area contributed by atoms with Gasteiger partial charge in [-0.3, -0.25) is 0 Å². The first kappa shape index (κ1) is 49.2. The molecular weight excluding hydrogens is 1080 g/mol. The molecular formula is C82H51N7. The number of hydrogen-bond donors (Lipinski definition) is 0. The fourth-order valence-electron chi connectivity index (χ4n) is 14.6. The van der Waals surface area contributed by atoms with Crippen LogP contribution in [0, 0.1) is 0 Å². The fourth-order valence-corrected chi connectivity index (χ4v) is 14.6. The quantitative estimate of drug-likeness (QED) is 0.152. The highest BCUT2D eigenvalue weighted by Gasteiger charge is 2.23. The molecule has 0 N–H and O–H groups in total. The van der Waals surface area contributed by atoms with Gasteiger partial charge in [0.25, 0.3) is 0 Å². The minimum Gasteiger partial charge on any atom is -0.309 e. The summed E-state index contributed by atoms with van der Waals surface area (Å²) in [6, 6.07) is 113. The van der Waals surface area contributed by atoms with Crippen molar-refractivity contribution in [3.05, 3.63) is 309 Å². The summed E-state index contributed by atoms with van der Waals surface area (Å²) >= 11 is 0. The van der Waals surface area contributed by atoms with Gasteiger partial charge in [-0.2, -0.15) is 0 Å². The number of rotatable bonds is 8. The third-order valence-corrected chi connectivity index (χ3v) is 18.4. The van der Waals surface area contributed by atoms with Crippen molar-refractivity contribution in [3.8, 4) is 62.3 Å². The van der Waals surface area contributed by atoms with Gasteiger partial charge in [0.1, 0.15) is 0 Å². The summed E-state index contributed by atoms with van der Waals surface area (Å²) in [4.78, 5) is 11.5. The molecule has 0 saturated carbocycles. The van der Waals surface area contributed by atoms with E-state index in [1.54, 1.807) is 0 Å². The molecule has 13 aromatic carbocycles. The molecule has 0 spiro atoms. The zero-order valence-corrected chi connectivity index (χ0v) is 48.1. The number of para-hydroxylation sites is 10. The average molecular weight is 1130 g/mol. The Morgan fingerprint density at radius 3 is 0.596 bits per heavy atom. The van der Waals surface area contributed by atoms with Gasteiger partial charge in [-0.05, 0) is 127 Å². The lowest BCUT2D eigenvalue weighted by Gasteiger charge is -2.18. The third kappa shape index (κ3) is 7.46. The van der Waals surface area contributed by atoms with E-state index < -0.39 is 0 Å². The van der Waals surface area contributed by atoms with Gasteiger partial charge in [0.05, 0.1) is 66.6 Å². The molecule has 6 heterocycles. The van der Waals surface area contributed by atoms with Gasteiger partial charge in [-0.25, -0.2) is 9.97 Å². The molecule has 0 amide bonds. The third-order valence-electron chi connectivity index (χ3n) is 18.4. The number of hydrogen-bond acceptors (Lipinski definition) is 2. The molecule has 7 nitrogen and oxygen atoms in total. The number of benzene rings is 13. The SMILES string of the molecule is c1ccc2c(c1)c1ccccc1n2-c1ccc(-c2nc(-c3cc(-n4c5ccccc5c5ccccc54)cc(-n4c5ccccc5c5ccccc54)c3)cc(-c3cc(-n4c5ccccc5c5ccccc54)cc(-n4c5ccccc5c5ccccc54)c3)n2)cc1. The van der Waals surface area contributed by atoms with Gasteiger partial charge >= 0.3 is 0 Å². The molecule has 0 radical (unpaired) electrons. The molecule has 0 fully saturated rings. The van der Waals surface area contributed by atoms with Crippen molar-refractivity contribution in [1.29, 1.82) is 0 Å². The Hall–Kier alpha value is -12.1. The van der Waals surface area contributed by atoms with E-state index in [1.165, 1.54) is 53.9 Å². The maximum Gasteiger partial charge on any atom is 0.160 e. The van der Waals surface area contributed by atoms with Crippen molar-refractivity contribution < 1.29 is 0 Å². The second kappa shape index (κ2) is 19.2. The van der Waals surface area contributed by atoms with E-state index in [4.69, 9.17) is 9.97 Å². The van der Waals surface area contributed by atoms with Crippen LogP contribution < -0.4 is 0 Å². The molecule has 0 unspecified atom stereocenters. The monoisotopic (exact) mass is 1130 g/mol. The lowest BCUT2D eigenvalue weighted by atomic mass is 10.0. The Balaban J connectivity index is 0.904. The van der Waals surface area contributed by atoms with Crippen LogP contribution in [0.25, 0.3) is 171 Å². The Bertz CT molecular complexity index is 5300. The molecule has 19 rings (SSSR count). The molecule has 6 aromatic heterocycles. The highest BCUT2D eigenvalue weighted by molar-refractivity contribution is 6.14. The van der Waals surface area contributed by atoms with Crippen LogP contribution in [-0.2, 0) is 0 Å². The maximum absolute atomic E-state index is 5.75. The van der Waals surface area contributed by atoms with Crippen molar-refractivity contribution >= 4 is 109 Å². The second-order valence-electron chi connectivity index (χ2n) is 23.3. The highest BCUT2D eigenvalue weighted by Crippen LogP contribution is 2.42. The molecule has 89 heavy (non-hydrogen) atoms. The molecule has 0 aliphatic rings. The van der Waals surface area contributed by atoms with Crippen molar-refractivity contribution in [2.24, 2.45) is 0 Å². The predicted octanol–water partition coefficient (Wildman–Crippen LogP) is 21.0. The van der Waals surface area contributed by atoms with Crippen LogP contribution in [0.5, 0.6) is 0 Å². The van der Waals surface area contributed by atoms with Crippen LogP contribution in [-0.4, -0.2) is 32.8 Å². The van der Waals surface area contributed by atoms with Gasteiger partial charge in [0.2, 0.25) is 0 Å². The minimum absolute atomic E-state index is 0.618. The topological polar surface area (TPSA) is 50.4 Å². The van der Waals surface area contributed by atoms with E-state index in [0.29, 0.717) is 5.82 Å².